The lowest BCUT2D eigenvalue weighted by molar-refractivity contribution is 0.0952. The van der Waals surface area contributed by atoms with E-state index in [4.69, 9.17) is 0 Å². The Morgan fingerprint density at radius 2 is 2.07 bits per heavy atom. The number of benzene rings is 1. The number of nitrogens with zero attached hydrogens (tertiary/aromatic N) is 2. The second-order valence-electron chi connectivity index (χ2n) is 6.71. The molecule has 1 fully saturated rings. The number of fused-ring (bicyclic) bond motifs is 2. The van der Waals surface area contributed by atoms with Gasteiger partial charge < -0.3 is 10.3 Å². The predicted molar refractivity (Wildman–Crippen MR) is 112 cm³/mol. The van der Waals surface area contributed by atoms with Crippen molar-refractivity contribution in [1.82, 2.24) is 20.3 Å². The van der Waals surface area contributed by atoms with Crippen molar-refractivity contribution in [2.24, 2.45) is 0 Å². The van der Waals surface area contributed by atoms with Gasteiger partial charge in [-0.15, -0.1) is 11.3 Å². The first-order valence-electron chi connectivity index (χ1n) is 8.97. The fraction of sp³-hybridized carbons (Fsp3) is 0.200. The molecule has 140 valence electrons. The average Bonchev–Trinajstić information content (AvgIpc) is 3.38. The van der Waals surface area contributed by atoms with Gasteiger partial charge in [0.15, 0.2) is 0 Å². The summed E-state index contributed by atoms with van der Waals surface area (Å²) in [6, 6.07) is 11.6. The zero-order valence-electron chi connectivity index (χ0n) is 14.8. The standard InChI is InChI=1S/C20H16N4O2S2/c25-19(21-11-5-6-11)13-9-17(23-14-4-2-1-3-12(13)14)28-10-16-22-15-7-8-27-18(15)20(26)24-16/h1-4,7-9,11H,5-6,10H2,(H,21,25)(H,22,24,26). The third-order valence-electron chi connectivity index (χ3n) is 4.57. The number of hydrogen-bond donors (Lipinski definition) is 2. The van der Waals surface area contributed by atoms with Crippen molar-refractivity contribution in [2.75, 3.05) is 0 Å². The number of rotatable bonds is 5. The van der Waals surface area contributed by atoms with Crippen molar-refractivity contribution in [3.05, 3.63) is 63.5 Å². The van der Waals surface area contributed by atoms with Crippen LogP contribution < -0.4 is 10.9 Å². The molecule has 0 unspecified atom stereocenters. The van der Waals surface area contributed by atoms with Crippen molar-refractivity contribution >= 4 is 50.1 Å². The van der Waals surface area contributed by atoms with Crippen molar-refractivity contribution < 1.29 is 4.79 Å². The SMILES string of the molecule is O=C(NC1CC1)c1cc(SCc2nc3ccsc3c(=O)[nH]2)nc2ccccc12. The van der Waals surface area contributed by atoms with Gasteiger partial charge in [0, 0.05) is 11.4 Å². The average molecular weight is 409 g/mol. The Labute approximate surface area is 168 Å². The molecule has 3 heterocycles. The fourth-order valence-electron chi connectivity index (χ4n) is 3.04. The van der Waals surface area contributed by atoms with Gasteiger partial charge in [0.05, 0.1) is 27.4 Å². The summed E-state index contributed by atoms with van der Waals surface area (Å²) in [5, 5.41) is 6.49. The molecule has 8 heteroatoms. The summed E-state index contributed by atoms with van der Waals surface area (Å²) in [7, 11) is 0. The van der Waals surface area contributed by atoms with E-state index in [1.54, 1.807) is 0 Å². The molecule has 3 aromatic heterocycles. The lowest BCUT2D eigenvalue weighted by atomic mass is 10.1. The van der Waals surface area contributed by atoms with Crippen molar-refractivity contribution in [2.45, 2.75) is 29.7 Å². The van der Waals surface area contributed by atoms with Gasteiger partial charge in [0.25, 0.3) is 11.5 Å². The van der Waals surface area contributed by atoms with Crippen LogP contribution >= 0.6 is 23.1 Å². The molecule has 1 aliphatic rings. The van der Waals surface area contributed by atoms with Gasteiger partial charge in [-0.2, -0.15) is 0 Å². The third kappa shape index (κ3) is 3.41. The van der Waals surface area contributed by atoms with Gasteiger partial charge in [-0.25, -0.2) is 9.97 Å². The number of thioether (sulfide) groups is 1. The number of nitrogens with one attached hydrogen (secondary N) is 2. The molecule has 1 saturated carbocycles. The quantitative estimate of drug-likeness (QED) is 0.492. The highest BCUT2D eigenvalue weighted by Crippen LogP contribution is 2.27. The van der Waals surface area contributed by atoms with Gasteiger partial charge >= 0.3 is 0 Å². The van der Waals surface area contributed by atoms with Crippen LogP contribution in [0.25, 0.3) is 21.1 Å². The summed E-state index contributed by atoms with van der Waals surface area (Å²) in [4.78, 5) is 36.8. The number of H-pyrrole nitrogens is 1. The molecule has 0 radical (unpaired) electrons. The minimum Gasteiger partial charge on any atom is -0.349 e. The van der Waals surface area contributed by atoms with E-state index in [1.807, 2.05) is 41.8 Å². The zero-order chi connectivity index (χ0) is 19.1. The molecule has 5 rings (SSSR count). The zero-order valence-corrected chi connectivity index (χ0v) is 16.4. The number of thiophene rings is 1. The summed E-state index contributed by atoms with van der Waals surface area (Å²) in [6.07, 6.45) is 2.08. The van der Waals surface area contributed by atoms with Gasteiger partial charge in [-0.1, -0.05) is 30.0 Å². The number of hydrogen-bond acceptors (Lipinski definition) is 6. The molecule has 28 heavy (non-hydrogen) atoms. The van der Waals surface area contributed by atoms with Crippen molar-refractivity contribution in [3.63, 3.8) is 0 Å². The Bertz CT molecular complexity index is 1260. The Morgan fingerprint density at radius 3 is 2.93 bits per heavy atom. The Hall–Kier alpha value is -2.71. The van der Waals surface area contributed by atoms with Crippen LogP contribution in [0.3, 0.4) is 0 Å². The highest BCUT2D eigenvalue weighted by Gasteiger charge is 2.25. The summed E-state index contributed by atoms with van der Waals surface area (Å²) >= 11 is 2.84. The molecule has 0 saturated heterocycles. The molecule has 0 bridgehead atoms. The maximum Gasteiger partial charge on any atom is 0.268 e. The lowest BCUT2D eigenvalue weighted by Crippen LogP contribution is -2.25. The first kappa shape index (κ1) is 17.4. The maximum atomic E-state index is 12.7. The van der Waals surface area contributed by atoms with Gasteiger partial charge in [0.1, 0.15) is 10.5 Å². The summed E-state index contributed by atoms with van der Waals surface area (Å²) in [5.74, 6) is 1.00. The third-order valence-corrected chi connectivity index (χ3v) is 6.40. The molecule has 6 nitrogen and oxygen atoms in total. The van der Waals surface area contributed by atoms with Crippen LogP contribution in [0.4, 0.5) is 0 Å². The highest BCUT2D eigenvalue weighted by molar-refractivity contribution is 7.98. The summed E-state index contributed by atoms with van der Waals surface area (Å²) in [6.45, 7) is 0. The van der Waals surface area contributed by atoms with Crippen LogP contribution in [-0.2, 0) is 5.75 Å². The van der Waals surface area contributed by atoms with Crippen molar-refractivity contribution in [1.29, 1.82) is 0 Å². The fourth-order valence-corrected chi connectivity index (χ4v) is 4.55. The van der Waals surface area contributed by atoms with E-state index in [-0.39, 0.29) is 11.5 Å². The van der Waals surface area contributed by atoms with Gasteiger partial charge in [0.2, 0.25) is 0 Å². The number of aromatic nitrogens is 3. The molecular weight excluding hydrogens is 392 g/mol. The van der Waals surface area contributed by atoms with Crippen LogP contribution in [0.5, 0.6) is 0 Å². The molecule has 0 aliphatic heterocycles. The topological polar surface area (TPSA) is 87.7 Å². The number of pyridine rings is 1. The number of carbonyl (C=O) groups is 1. The number of carbonyl (C=O) groups excluding carboxylic acids is 1. The molecular formula is C20H16N4O2S2. The van der Waals surface area contributed by atoms with Crippen LogP contribution in [-0.4, -0.2) is 26.9 Å². The Morgan fingerprint density at radius 1 is 1.21 bits per heavy atom. The number of aromatic amines is 1. The van der Waals surface area contributed by atoms with E-state index < -0.39 is 0 Å². The van der Waals surface area contributed by atoms with Crippen LogP contribution in [0, 0.1) is 0 Å². The minimum absolute atomic E-state index is 0.0609. The van der Waals surface area contributed by atoms with E-state index >= 15 is 0 Å². The first-order chi connectivity index (χ1) is 13.7. The smallest absolute Gasteiger partial charge is 0.268 e. The number of para-hydroxylation sites is 1. The molecule has 1 amide bonds. The molecule has 0 spiro atoms. The van der Waals surface area contributed by atoms with E-state index in [2.05, 4.69) is 20.3 Å². The van der Waals surface area contributed by atoms with Crippen LogP contribution in [0.1, 0.15) is 29.0 Å². The van der Waals surface area contributed by atoms with E-state index in [0.717, 1.165) is 28.8 Å². The molecule has 1 aliphatic carbocycles. The van der Waals surface area contributed by atoms with E-state index in [1.165, 1.54) is 23.1 Å². The monoisotopic (exact) mass is 408 g/mol. The normalized spacial score (nSPS) is 13.9. The van der Waals surface area contributed by atoms with Gasteiger partial charge in [-0.05, 0) is 36.4 Å². The predicted octanol–water partition coefficient (Wildman–Crippen LogP) is 3.72. The second kappa shape index (κ2) is 7.03. The molecule has 4 aromatic rings. The summed E-state index contributed by atoms with van der Waals surface area (Å²) in [5.41, 5.74) is 2.00. The second-order valence-corrected chi connectivity index (χ2v) is 8.62. The Balaban J connectivity index is 1.46. The lowest BCUT2D eigenvalue weighted by Gasteiger charge is -2.10. The maximum absolute atomic E-state index is 12.7. The largest absolute Gasteiger partial charge is 0.349 e. The highest BCUT2D eigenvalue weighted by atomic mass is 32.2. The van der Waals surface area contributed by atoms with E-state index in [9.17, 15) is 9.59 Å². The summed E-state index contributed by atoms with van der Waals surface area (Å²) < 4.78 is 0.636. The van der Waals surface area contributed by atoms with E-state index in [0.29, 0.717) is 33.4 Å². The van der Waals surface area contributed by atoms with Gasteiger partial charge in [-0.3, -0.25) is 9.59 Å². The Kier molecular flexibility index (Phi) is 4.37. The minimum atomic E-state index is -0.119. The van der Waals surface area contributed by atoms with Crippen LogP contribution in [0.15, 0.2) is 51.6 Å². The first-order valence-corrected chi connectivity index (χ1v) is 10.8. The van der Waals surface area contributed by atoms with Crippen LogP contribution in [0.2, 0.25) is 0 Å². The molecule has 2 N–H and O–H groups in total. The van der Waals surface area contributed by atoms with Crippen molar-refractivity contribution in [3.8, 4) is 0 Å². The molecule has 1 aromatic carbocycles. The molecule has 0 atom stereocenters. The number of amides is 1.